The highest BCUT2D eigenvalue weighted by Gasteiger charge is 2.53. The summed E-state index contributed by atoms with van der Waals surface area (Å²) in [5, 5.41) is 0. The van der Waals surface area contributed by atoms with Crippen LogP contribution in [0.4, 0.5) is 9.18 Å². The third-order valence-electron chi connectivity index (χ3n) is 6.23. The number of benzene rings is 1. The molecule has 0 radical (unpaired) electrons. The Hall–Kier alpha value is -3.14. The van der Waals surface area contributed by atoms with Gasteiger partial charge >= 0.3 is 11.9 Å². The van der Waals surface area contributed by atoms with Crippen molar-refractivity contribution in [2.24, 2.45) is 16.6 Å². The second-order valence-corrected chi connectivity index (χ2v) is 8.23. The molecule has 0 spiro atoms. The van der Waals surface area contributed by atoms with Gasteiger partial charge in [-0.1, -0.05) is 12.1 Å². The molecule has 2 saturated heterocycles. The number of nitrogens with zero attached hydrogens (tertiary/aromatic N) is 5. The number of carbonyl (C=O) groups excluding carboxylic acids is 3. The van der Waals surface area contributed by atoms with Crippen LogP contribution < -0.4 is 5.73 Å². The summed E-state index contributed by atoms with van der Waals surface area (Å²) in [6, 6.07) is 4.98. The zero-order chi connectivity index (χ0) is 22.3. The number of urea groups is 1. The van der Waals surface area contributed by atoms with Gasteiger partial charge in [-0.3, -0.25) is 24.3 Å². The van der Waals surface area contributed by atoms with E-state index in [0.29, 0.717) is 50.7 Å². The Kier molecular flexibility index (Phi) is 5.57. The molecule has 1 atom stereocenters. The van der Waals surface area contributed by atoms with E-state index in [1.165, 1.54) is 24.1 Å². The fraction of sp³-hybridized carbons (Fsp3) is 0.476. The number of likely N-dealkylation sites (tertiary alicyclic amines) is 1. The van der Waals surface area contributed by atoms with Crippen molar-refractivity contribution in [3.05, 3.63) is 35.6 Å². The molecule has 31 heavy (non-hydrogen) atoms. The average molecular weight is 429 g/mol. The molecule has 3 aliphatic heterocycles. The van der Waals surface area contributed by atoms with Crippen molar-refractivity contribution >= 4 is 29.5 Å². The molecule has 4 rings (SSSR count). The largest absolute Gasteiger partial charge is 0.369 e. The van der Waals surface area contributed by atoms with Gasteiger partial charge in [0.2, 0.25) is 5.91 Å². The zero-order valence-electron chi connectivity index (χ0n) is 17.6. The lowest BCUT2D eigenvalue weighted by molar-refractivity contribution is -0.552. The first kappa shape index (κ1) is 21.1. The number of aliphatic imine (C=N–C) groups is 1. The standard InChI is InChI=1S/C21H25FN6O3/c1-25-19-17(20(30)26(2)21(25)31)28(11-13-3-5-15(22)6-4-13)16(24-19)12-27-9-7-14(8-10-27)18(23)29/h3-6,14,17H,7-12H2,1-2H3,(H-,23,29)/p+1. The SMILES string of the molecule is CN1C(=O)C2C(=NC(CN3CCC(C(N)=O)CC3)=[N+]2Cc2ccc(F)cc2)N(C)C1=O. The Bertz CT molecular complexity index is 981. The maximum absolute atomic E-state index is 13.4. The van der Waals surface area contributed by atoms with E-state index in [0.717, 1.165) is 10.5 Å². The first-order valence-corrected chi connectivity index (χ1v) is 10.3. The second-order valence-electron chi connectivity index (χ2n) is 8.23. The Morgan fingerprint density at radius 3 is 2.42 bits per heavy atom. The smallest absolute Gasteiger partial charge is 0.333 e. The number of hydrogen-bond donors (Lipinski definition) is 1. The number of likely N-dealkylation sites (N-methyl/N-ethyl adjacent to an activating group) is 2. The molecule has 1 aromatic carbocycles. The van der Waals surface area contributed by atoms with E-state index < -0.39 is 12.1 Å². The van der Waals surface area contributed by atoms with E-state index >= 15 is 0 Å². The van der Waals surface area contributed by atoms with Gasteiger partial charge in [-0.25, -0.2) is 13.8 Å². The number of fused-ring (bicyclic) bond motifs is 1. The van der Waals surface area contributed by atoms with Crippen LogP contribution in [0.3, 0.4) is 0 Å². The number of piperidine rings is 1. The van der Waals surface area contributed by atoms with Crippen LogP contribution >= 0.6 is 0 Å². The highest BCUT2D eigenvalue weighted by Crippen LogP contribution is 2.22. The van der Waals surface area contributed by atoms with E-state index in [9.17, 15) is 18.8 Å². The molecule has 1 aromatic rings. The molecule has 2 N–H and O–H groups in total. The van der Waals surface area contributed by atoms with Crippen LogP contribution in [-0.4, -0.2) is 88.6 Å². The van der Waals surface area contributed by atoms with Crippen LogP contribution in [0.2, 0.25) is 0 Å². The van der Waals surface area contributed by atoms with Gasteiger partial charge in [-0.15, -0.1) is 0 Å². The molecule has 0 aliphatic carbocycles. The molecule has 0 aromatic heterocycles. The summed E-state index contributed by atoms with van der Waals surface area (Å²) in [5.41, 5.74) is 6.26. The number of primary amides is 1. The van der Waals surface area contributed by atoms with Crippen molar-refractivity contribution in [2.45, 2.75) is 25.4 Å². The summed E-state index contributed by atoms with van der Waals surface area (Å²) < 4.78 is 15.2. The monoisotopic (exact) mass is 429 g/mol. The van der Waals surface area contributed by atoms with Crippen molar-refractivity contribution in [1.82, 2.24) is 14.7 Å². The summed E-state index contributed by atoms with van der Waals surface area (Å²) in [4.78, 5) is 46.2. The number of amidine groups is 2. The highest BCUT2D eigenvalue weighted by molar-refractivity contribution is 6.23. The zero-order valence-corrected chi connectivity index (χ0v) is 17.6. The van der Waals surface area contributed by atoms with E-state index in [4.69, 9.17) is 5.73 Å². The third kappa shape index (κ3) is 3.95. The van der Waals surface area contributed by atoms with Crippen LogP contribution in [0.15, 0.2) is 29.3 Å². The Morgan fingerprint density at radius 1 is 1.16 bits per heavy atom. The molecule has 4 amide bonds. The summed E-state index contributed by atoms with van der Waals surface area (Å²) in [6.07, 6.45) is 1.36. The van der Waals surface area contributed by atoms with Gasteiger partial charge in [-0.05, 0) is 48.6 Å². The van der Waals surface area contributed by atoms with Crippen molar-refractivity contribution in [3.63, 3.8) is 0 Å². The maximum Gasteiger partial charge on any atom is 0.333 e. The number of nitrogens with two attached hydrogens (primary N) is 1. The van der Waals surface area contributed by atoms with Crippen LogP contribution in [0.1, 0.15) is 18.4 Å². The minimum Gasteiger partial charge on any atom is -0.369 e. The average Bonchev–Trinajstić information content (AvgIpc) is 3.10. The van der Waals surface area contributed by atoms with Crippen LogP contribution in [-0.2, 0) is 16.1 Å². The van der Waals surface area contributed by atoms with Crippen LogP contribution in [0, 0.1) is 11.7 Å². The van der Waals surface area contributed by atoms with Gasteiger partial charge < -0.3 is 5.73 Å². The van der Waals surface area contributed by atoms with Crippen molar-refractivity contribution in [2.75, 3.05) is 33.7 Å². The summed E-state index contributed by atoms with van der Waals surface area (Å²) in [7, 11) is 3.06. The highest BCUT2D eigenvalue weighted by atomic mass is 19.1. The predicted octanol–water partition coefficient (Wildman–Crippen LogP) is 0.239. The molecule has 0 saturated carbocycles. The summed E-state index contributed by atoms with van der Waals surface area (Å²) in [5.74, 6) is 0.00962. The molecule has 3 heterocycles. The first-order valence-electron chi connectivity index (χ1n) is 10.3. The lowest BCUT2D eigenvalue weighted by Gasteiger charge is -2.31. The summed E-state index contributed by atoms with van der Waals surface area (Å²) in [6.45, 7) is 2.22. The molecule has 9 nitrogen and oxygen atoms in total. The van der Waals surface area contributed by atoms with Crippen LogP contribution in [0.25, 0.3) is 0 Å². The molecular weight excluding hydrogens is 403 g/mol. The van der Waals surface area contributed by atoms with E-state index in [1.807, 2.05) is 4.58 Å². The Morgan fingerprint density at radius 2 is 1.81 bits per heavy atom. The molecule has 164 valence electrons. The normalized spacial score (nSPS) is 22.8. The number of imide groups is 1. The number of rotatable bonds is 5. The number of carbonyl (C=O) groups is 3. The minimum absolute atomic E-state index is 0.118. The molecule has 1 unspecified atom stereocenters. The van der Waals surface area contributed by atoms with Crippen LogP contribution in [0.5, 0.6) is 0 Å². The van der Waals surface area contributed by atoms with Crippen molar-refractivity contribution in [1.29, 1.82) is 0 Å². The number of amides is 4. The number of hydrogen-bond acceptors (Lipinski definition) is 5. The van der Waals surface area contributed by atoms with Gasteiger partial charge in [0.25, 0.3) is 17.8 Å². The minimum atomic E-state index is -0.712. The van der Waals surface area contributed by atoms with Gasteiger partial charge in [0.15, 0.2) is 0 Å². The summed E-state index contributed by atoms with van der Waals surface area (Å²) >= 11 is 0. The lowest BCUT2D eigenvalue weighted by Crippen LogP contribution is -2.61. The fourth-order valence-electron chi connectivity index (χ4n) is 4.32. The van der Waals surface area contributed by atoms with E-state index in [-0.39, 0.29) is 23.5 Å². The maximum atomic E-state index is 13.4. The lowest BCUT2D eigenvalue weighted by atomic mass is 9.96. The quantitative estimate of drug-likeness (QED) is 0.678. The molecule has 2 fully saturated rings. The van der Waals surface area contributed by atoms with E-state index in [1.54, 1.807) is 19.2 Å². The predicted molar refractivity (Wildman–Crippen MR) is 111 cm³/mol. The first-order chi connectivity index (χ1) is 14.8. The molecular formula is C21H26FN6O3+. The molecule has 3 aliphatic rings. The van der Waals surface area contributed by atoms with Gasteiger partial charge in [0, 0.05) is 20.0 Å². The number of halogens is 1. The second kappa shape index (κ2) is 8.18. The van der Waals surface area contributed by atoms with Gasteiger partial charge in [-0.2, -0.15) is 0 Å². The van der Waals surface area contributed by atoms with Crippen molar-refractivity contribution < 1.29 is 23.3 Å². The Balaban J connectivity index is 1.63. The van der Waals surface area contributed by atoms with E-state index in [2.05, 4.69) is 9.89 Å². The fourth-order valence-corrected chi connectivity index (χ4v) is 4.32. The Labute approximate surface area is 179 Å². The molecule has 10 heteroatoms. The molecule has 0 bridgehead atoms. The topological polar surface area (TPSA) is 102 Å². The third-order valence-corrected chi connectivity index (χ3v) is 6.23. The van der Waals surface area contributed by atoms with Gasteiger partial charge in [0.05, 0.1) is 0 Å². The van der Waals surface area contributed by atoms with Crippen molar-refractivity contribution in [3.8, 4) is 0 Å². The van der Waals surface area contributed by atoms with Gasteiger partial charge in [0.1, 0.15) is 18.9 Å².